The van der Waals surface area contributed by atoms with Gasteiger partial charge in [0.15, 0.2) is 0 Å². The van der Waals surface area contributed by atoms with Gasteiger partial charge in [-0.05, 0) is 38.7 Å². The van der Waals surface area contributed by atoms with Crippen LogP contribution < -0.4 is 4.90 Å². The summed E-state index contributed by atoms with van der Waals surface area (Å²) in [5.74, 6) is 0. The van der Waals surface area contributed by atoms with E-state index in [1.807, 2.05) is 12.1 Å². The van der Waals surface area contributed by atoms with Gasteiger partial charge in [-0.3, -0.25) is 0 Å². The van der Waals surface area contributed by atoms with Crippen molar-refractivity contribution in [1.82, 2.24) is 4.90 Å². The van der Waals surface area contributed by atoms with Crippen molar-refractivity contribution in [2.45, 2.75) is 13.3 Å². The molecule has 0 spiro atoms. The molecule has 1 rings (SSSR count). The highest BCUT2D eigenvalue weighted by Gasteiger charge is 2.11. The molecular weight excluding hydrogens is 246 g/mol. The summed E-state index contributed by atoms with van der Waals surface area (Å²) in [5, 5.41) is 9.80. The Bertz CT molecular complexity index is 424. The maximum Gasteiger partial charge on any atom is 0.101 e. The summed E-state index contributed by atoms with van der Waals surface area (Å²) < 4.78 is 0. The molecule has 0 N–H and O–H groups in total. The summed E-state index contributed by atoms with van der Waals surface area (Å²) in [4.78, 5) is 4.39. The molecule has 0 atom stereocenters. The molecule has 0 aliphatic rings. The van der Waals surface area contributed by atoms with E-state index >= 15 is 0 Å². The highest BCUT2D eigenvalue weighted by Crippen LogP contribution is 2.23. The van der Waals surface area contributed by atoms with E-state index in [1.165, 1.54) is 0 Å². The van der Waals surface area contributed by atoms with E-state index in [-0.39, 0.29) is 0 Å². The van der Waals surface area contributed by atoms with Crippen LogP contribution in [-0.4, -0.2) is 38.6 Å². The highest BCUT2D eigenvalue weighted by molar-refractivity contribution is 6.30. The number of likely N-dealkylation sites (N-methyl/N-ethyl adjacent to an activating group) is 1. The quantitative estimate of drug-likeness (QED) is 0.792. The average Bonchev–Trinajstić information content (AvgIpc) is 2.34. The van der Waals surface area contributed by atoms with E-state index < -0.39 is 0 Å². The minimum atomic E-state index is 0.611. The lowest BCUT2D eigenvalue weighted by Crippen LogP contribution is -2.32. The fourth-order valence-corrected chi connectivity index (χ4v) is 1.99. The van der Waals surface area contributed by atoms with Crippen LogP contribution >= 0.6 is 11.6 Å². The standard InChI is InChI=1S/C14H20ClN3/c1-4-7-18(9-8-17(2)3)14-6-5-13(15)10-12(14)11-16/h5-6,10H,4,7-9H2,1-3H3. The Morgan fingerprint density at radius 2 is 1.94 bits per heavy atom. The van der Waals surface area contributed by atoms with Gasteiger partial charge in [0.2, 0.25) is 0 Å². The van der Waals surface area contributed by atoms with Crippen molar-refractivity contribution in [2.75, 3.05) is 38.6 Å². The highest BCUT2D eigenvalue weighted by atomic mass is 35.5. The van der Waals surface area contributed by atoms with Gasteiger partial charge >= 0.3 is 0 Å². The van der Waals surface area contributed by atoms with Crippen molar-refractivity contribution in [1.29, 1.82) is 5.26 Å². The lowest BCUT2D eigenvalue weighted by molar-refractivity contribution is 0.413. The fraction of sp³-hybridized carbons (Fsp3) is 0.500. The zero-order valence-corrected chi connectivity index (χ0v) is 12.0. The van der Waals surface area contributed by atoms with Crippen LogP contribution in [0.25, 0.3) is 0 Å². The fourth-order valence-electron chi connectivity index (χ4n) is 1.82. The molecule has 4 heteroatoms. The van der Waals surface area contributed by atoms with Crippen molar-refractivity contribution in [2.24, 2.45) is 0 Å². The van der Waals surface area contributed by atoms with Gasteiger partial charge < -0.3 is 9.80 Å². The van der Waals surface area contributed by atoms with E-state index in [2.05, 4.69) is 36.9 Å². The zero-order chi connectivity index (χ0) is 13.5. The molecule has 1 aromatic carbocycles. The van der Waals surface area contributed by atoms with E-state index in [4.69, 9.17) is 11.6 Å². The Morgan fingerprint density at radius 1 is 1.22 bits per heavy atom. The topological polar surface area (TPSA) is 30.3 Å². The Morgan fingerprint density at radius 3 is 2.50 bits per heavy atom. The van der Waals surface area contributed by atoms with Crippen LogP contribution in [0.1, 0.15) is 18.9 Å². The average molecular weight is 266 g/mol. The van der Waals surface area contributed by atoms with E-state index in [9.17, 15) is 5.26 Å². The first-order chi connectivity index (χ1) is 8.58. The van der Waals surface area contributed by atoms with Gasteiger partial charge in [0, 0.05) is 24.7 Å². The van der Waals surface area contributed by atoms with Crippen molar-refractivity contribution < 1.29 is 0 Å². The lowest BCUT2D eigenvalue weighted by Gasteiger charge is -2.26. The zero-order valence-electron chi connectivity index (χ0n) is 11.3. The molecule has 0 unspecified atom stereocenters. The lowest BCUT2D eigenvalue weighted by atomic mass is 10.1. The predicted octanol–water partition coefficient (Wildman–Crippen LogP) is 2.99. The van der Waals surface area contributed by atoms with Crippen LogP contribution in [0.5, 0.6) is 0 Å². The number of rotatable bonds is 6. The molecule has 0 aromatic heterocycles. The van der Waals surface area contributed by atoms with Gasteiger partial charge in [-0.2, -0.15) is 5.26 Å². The predicted molar refractivity (Wildman–Crippen MR) is 77.2 cm³/mol. The minimum Gasteiger partial charge on any atom is -0.369 e. The van der Waals surface area contributed by atoms with Gasteiger partial charge in [0.05, 0.1) is 11.3 Å². The van der Waals surface area contributed by atoms with E-state index in [1.54, 1.807) is 6.07 Å². The first-order valence-electron chi connectivity index (χ1n) is 6.17. The molecule has 0 aliphatic heterocycles. The van der Waals surface area contributed by atoms with Gasteiger partial charge in [-0.1, -0.05) is 18.5 Å². The SMILES string of the molecule is CCCN(CCN(C)C)c1ccc(Cl)cc1C#N. The molecular formula is C14H20ClN3. The van der Waals surface area contributed by atoms with Crippen molar-refractivity contribution in [3.63, 3.8) is 0 Å². The third-order valence-electron chi connectivity index (χ3n) is 2.73. The number of nitrogens with zero attached hydrogens (tertiary/aromatic N) is 3. The number of nitriles is 1. The van der Waals surface area contributed by atoms with E-state index in [0.29, 0.717) is 10.6 Å². The second-order valence-corrected chi connectivity index (χ2v) is 5.00. The molecule has 0 saturated carbocycles. The van der Waals surface area contributed by atoms with Crippen molar-refractivity contribution >= 4 is 17.3 Å². The maximum absolute atomic E-state index is 9.19. The molecule has 0 saturated heterocycles. The summed E-state index contributed by atoms with van der Waals surface area (Å²) in [7, 11) is 4.11. The summed E-state index contributed by atoms with van der Waals surface area (Å²) in [6, 6.07) is 7.73. The van der Waals surface area contributed by atoms with Crippen LogP contribution in [-0.2, 0) is 0 Å². The molecule has 0 bridgehead atoms. The molecule has 1 aromatic rings. The number of hydrogen-bond donors (Lipinski definition) is 0. The van der Waals surface area contributed by atoms with Crippen molar-refractivity contribution in [3.05, 3.63) is 28.8 Å². The molecule has 0 radical (unpaired) electrons. The van der Waals surface area contributed by atoms with E-state index in [0.717, 1.165) is 31.7 Å². The monoisotopic (exact) mass is 265 g/mol. The second kappa shape index (κ2) is 7.25. The number of benzene rings is 1. The van der Waals surface area contributed by atoms with Gasteiger partial charge in [0.1, 0.15) is 6.07 Å². The van der Waals surface area contributed by atoms with Gasteiger partial charge in [0.25, 0.3) is 0 Å². The molecule has 3 nitrogen and oxygen atoms in total. The Kier molecular flexibility index (Phi) is 5.97. The Balaban J connectivity index is 2.94. The normalized spacial score (nSPS) is 10.4. The number of halogens is 1. The smallest absolute Gasteiger partial charge is 0.101 e. The third-order valence-corrected chi connectivity index (χ3v) is 2.97. The molecule has 18 heavy (non-hydrogen) atoms. The Labute approximate surface area is 115 Å². The summed E-state index contributed by atoms with van der Waals surface area (Å²) in [6.45, 7) is 4.97. The summed E-state index contributed by atoms with van der Waals surface area (Å²) in [5.41, 5.74) is 1.63. The first-order valence-corrected chi connectivity index (χ1v) is 6.55. The van der Waals surface area contributed by atoms with Crippen LogP contribution in [0, 0.1) is 11.3 Å². The molecule has 0 fully saturated rings. The van der Waals surface area contributed by atoms with Crippen LogP contribution in [0.3, 0.4) is 0 Å². The first kappa shape index (κ1) is 14.8. The minimum absolute atomic E-state index is 0.611. The number of anilines is 1. The third kappa shape index (κ3) is 4.21. The van der Waals surface area contributed by atoms with Gasteiger partial charge in [-0.25, -0.2) is 0 Å². The molecule has 0 heterocycles. The second-order valence-electron chi connectivity index (χ2n) is 4.56. The largest absolute Gasteiger partial charge is 0.369 e. The van der Waals surface area contributed by atoms with Crippen molar-refractivity contribution in [3.8, 4) is 6.07 Å². The summed E-state index contributed by atoms with van der Waals surface area (Å²) in [6.07, 6.45) is 1.06. The van der Waals surface area contributed by atoms with Gasteiger partial charge in [-0.15, -0.1) is 0 Å². The van der Waals surface area contributed by atoms with Crippen LogP contribution in [0.15, 0.2) is 18.2 Å². The molecule has 98 valence electrons. The summed E-state index contributed by atoms with van der Waals surface area (Å²) >= 11 is 5.93. The van der Waals surface area contributed by atoms with Crippen LogP contribution in [0.4, 0.5) is 5.69 Å². The molecule has 0 amide bonds. The maximum atomic E-state index is 9.19. The Hall–Kier alpha value is -1.24. The van der Waals surface area contributed by atoms with Crippen LogP contribution in [0.2, 0.25) is 5.02 Å². The molecule has 0 aliphatic carbocycles. The number of hydrogen-bond acceptors (Lipinski definition) is 3.